The lowest BCUT2D eigenvalue weighted by molar-refractivity contribution is 0.523. The summed E-state index contributed by atoms with van der Waals surface area (Å²) in [5, 5.41) is 8.18. The predicted octanol–water partition coefficient (Wildman–Crippen LogP) is 0.996. The summed E-state index contributed by atoms with van der Waals surface area (Å²) in [6.45, 7) is 3.78. The Morgan fingerprint density at radius 1 is 1.33 bits per heavy atom. The molecule has 0 bridgehead atoms. The molecule has 1 aliphatic rings. The van der Waals surface area contributed by atoms with E-state index in [1.807, 2.05) is 0 Å². The van der Waals surface area contributed by atoms with Crippen molar-refractivity contribution in [2.75, 3.05) is 19.6 Å². The first-order chi connectivity index (χ1) is 4.43. The second-order valence-electron chi connectivity index (χ2n) is 2.46. The van der Waals surface area contributed by atoms with E-state index in [2.05, 4.69) is 11.0 Å². The normalized spacial score (nSPS) is 17.2. The van der Waals surface area contributed by atoms with E-state index in [-0.39, 0.29) is 0 Å². The molecule has 1 fully saturated rings. The molecule has 0 aromatic carbocycles. The topological polar surface area (TPSA) is 26.8 Å². The zero-order valence-corrected chi connectivity index (χ0v) is 5.64. The molecule has 0 aromatic rings. The van der Waals surface area contributed by atoms with Gasteiger partial charge in [0.05, 0.1) is 6.07 Å². The lowest BCUT2D eigenvalue weighted by Crippen LogP contribution is -1.97. The van der Waals surface area contributed by atoms with Gasteiger partial charge in [-0.25, -0.2) is 0 Å². The Bertz CT molecular complexity index is 111. The highest BCUT2D eigenvalue weighted by atomic mass is 15.2. The van der Waals surface area contributed by atoms with Gasteiger partial charge >= 0.3 is 0 Å². The Kier molecular flexibility index (Phi) is 2.53. The molecule has 0 radical (unpaired) electrons. The summed E-state index contributed by atoms with van der Waals surface area (Å²) < 4.78 is 0. The van der Waals surface area contributed by atoms with E-state index >= 15 is 0 Å². The number of rotatable bonds is 4. The summed E-state index contributed by atoms with van der Waals surface area (Å²) in [5.74, 6) is 0. The van der Waals surface area contributed by atoms with Gasteiger partial charge in [0, 0.05) is 19.5 Å². The summed E-state index contributed by atoms with van der Waals surface area (Å²) >= 11 is 0. The molecule has 0 atom stereocenters. The molecule has 0 aromatic heterocycles. The molecule has 0 N–H and O–H groups in total. The van der Waals surface area contributed by atoms with Crippen molar-refractivity contribution in [1.29, 1.82) is 5.26 Å². The summed E-state index contributed by atoms with van der Waals surface area (Å²) in [7, 11) is 0. The fourth-order valence-corrected chi connectivity index (χ4v) is 0.834. The Balaban J connectivity index is 1.77. The summed E-state index contributed by atoms with van der Waals surface area (Å²) in [6, 6.07) is 2.14. The number of unbranched alkanes of at least 4 members (excludes halogenated alkanes) is 2. The molecule has 50 valence electrons. The molecule has 0 saturated carbocycles. The molecule has 1 aliphatic heterocycles. The van der Waals surface area contributed by atoms with E-state index in [0.29, 0.717) is 0 Å². The van der Waals surface area contributed by atoms with Crippen LogP contribution in [0.15, 0.2) is 0 Å². The van der Waals surface area contributed by atoms with Crippen LogP contribution in [-0.4, -0.2) is 24.5 Å². The SMILES string of the molecule is N#CCCCCN1CC1. The first kappa shape index (κ1) is 6.57. The maximum absolute atomic E-state index is 8.18. The van der Waals surface area contributed by atoms with Crippen molar-refractivity contribution in [2.45, 2.75) is 19.3 Å². The fraction of sp³-hybridized carbons (Fsp3) is 0.857. The highest BCUT2D eigenvalue weighted by Crippen LogP contribution is 2.05. The average molecular weight is 124 g/mol. The van der Waals surface area contributed by atoms with Crippen LogP contribution >= 0.6 is 0 Å². The standard InChI is InChI=1S/C7H12N2/c8-4-2-1-3-5-9-6-7-9/h1-3,5-7H2. The lowest BCUT2D eigenvalue weighted by Gasteiger charge is -1.95. The van der Waals surface area contributed by atoms with Crippen LogP contribution in [0.5, 0.6) is 0 Å². The van der Waals surface area contributed by atoms with Crippen molar-refractivity contribution in [1.82, 2.24) is 4.90 Å². The molecule has 1 heterocycles. The summed E-state index contributed by atoms with van der Waals surface area (Å²) in [4.78, 5) is 2.39. The highest BCUT2D eigenvalue weighted by molar-refractivity contribution is 4.73. The molecule has 1 saturated heterocycles. The largest absolute Gasteiger partial charge is 0.301 e. The molecule has 2 heteroatoms. The monoisotopic (exact) mass is 124 g/mol. The minimum absolute atomic E-state index is 0.730. The van der Waals surface area contributed by atoms with Crippen molar-refractivity contribution in [3.8, 4) is 6.07 Å². The molecule has 0 amide bonds. The Morgan fingerprint density at radius 3 is 2.67 bits per heavy atom. The van der Waals surface area contributed by atoms with Gasteiger partial charge in [-0.05, 0) is 19.4 Å². The quantitative estimate of drug-likeness (QED) is 0.413. The van der Waals surface area contributed by atoms with E-state index in [1.165, 1.54) is 26.1 Å². The molecule has 9 heavy (non-hydrogen) atoms. The second-order valence-corrected chi connectivity index (χ2v) is 2.46. The zero-order valence-electron chi connectivity index (χ0n) is 5.64. The number of nitriles is 1. The molecule has 0 spiro atoms. The van der Waals surface area contributed by atoms with E-state index in [9.17, 15) is 0 Å². The van der Waals surface area contributed by atoms with Crippen LogP contribution in [0.2, 0.25) is 0 Å². The van der Waals surface area contributed by atoms with E-state index in [1.54, 1.807) is 0 Å². The third-order valence-electron chi connectivity index (χ3n) is 1.55. The minimum atomic E-state index is 0.730. The fourth-order valence-electron chi connectivity index (χ4n) is 0.834. The van der Waals surface area contributed by atoms with E-state index in [0.717, 1.165) is 12.8 Å². The van der Waals surface area contributed by atoms with Crippen LogP contribution < -0.4 is 0 Å². The number of nitrogens with zero attached hydrogens (tertiary/aromatic N) is 2. The highest BCUT2D eigenvalue weighted by Gasteiger charge is 2.14. The third kappa shape index (κ3) is 3.10. The minimum Gasteiger partial charge on any atom is -0.301 e. The first-order valence-electron chi connectivity index (χ1n) is 3.53. The van der Waals surface area contributed by atoms with Crippen LogP contribution in [0.3, 0.4) is 0 Å². The first-order valence-corrected chi connectivity index (χ1v) is 3.53. The van der Waals surface area contributed by atoms with Crippen LogP contribution in [0.1, 0.15) is 19.3 Å². The lowest BCUT2D eigenvalue weighted by atomic mass is 10.2. The van der Waals surface area contributed by atoms with Gasteiger partial charge in [0.2, 0.25) is 0 Å². The molecular weight excluding hydrogens is 112 g/mol. The van der Waals surface area contributed by atoms with Gasteiger partial charge in [0.15, 0.2) is 0 Å². The zero-order chi connectivity index (χ0) is 6.53. The Labute approximate surface area is 56.1 Å². The third-order valence-corrected chi connectivity index (χ3v) is 1.55. The maximum atomic E-state index is 8.18. The number of hydrogen-bond donors (Lipinski definition) is 0. The van der Waals surface area contributed by atoms with E-state index < -0.39 is 0 Å². The van der Waals surface area contributed by atoms with Crippen molar-refractivity contribution in [3.05, 3.63) is 0 Å². The van der Waals surface area contributed by atoms with Crippen molar-refractivity contribution in [2.24, 2.45) is 0 Å². The van der Waals surface area contributed by atoms with Crippen molar-refractivity contribution < 1.29 is 0 Å². The van der Waals surface area contributed by atoms with Gasteiger partial charge in [-0.15, -0.1) is 0 Å². The molecule has 2 nitrogen and oxygen atoms in total. The molecule has 0 unspecified atom stereocenters. The molecular formula is C7H12N2. The van der Waals surface area contributed by atoms with Crippen LogP contribution in [-0.2, 0) is 0 Å². The van der Waals surface area contributed by atoms with E-state index in [4.69, 9.17) is 5.26 Å². The number of hydrogen-bond acceptors (Lipinski definition) is 2. The smallest absolute Gasteiger partial charge is 0.0621 e. The van der Waals surface area contributed by atoms with Crippen molar-refractivity contribution >= 4 is 0 Å². The molecule has 1 rings (SSSR count). The maximum Gasteiger partial charge on any atom is 0.0621 e. The summed E-state index contributed by atoms with van der Waals surface area (Å²) in [5.41, 5.74) is 0. The van der Waals surface area contributed by atoms with Crippen LogP contribution in [0, 0.1) is 11.3 Å². The second kappa shape index (κ2) is 3.47. The van der Waals surface area contributed by atoms with Crippen LogP contribution in [0.4, 0.5) is 0 Å². The van der Waals surface area contributed by atoms with Gasteiger partial charge < -0.3 is 4.90 Å². The van der Waals surface area contributed by atoms with Crippen molar-refractivity contribution in [3.63, 3.8) is 0 Å². The van der Waals surface area contributed by atoms with Gasteiger partial charge in [0.25, 0.3) is 0 Å². The Hall–Kier alpha value is -0.550. The van der Waals surface area contributed by atoms with Gasteiger partial charge in [0.1, 0.15) is 0 Å². The average Bonchev–Trinajstić information content (AvgIpc) is 2.63. The van der Waals surface area contributed by atoms with Crippen LogP contribution in [0.25, 0.3) is 0 Å². The summed E-state index contributed by atoms with van der Waals surface area (Å²) in [6.07, 6.45) is 3.01. The predicted molar refractivity (Wildman–Crippen MR) is 35.9 cm³/mol. The Morgan fingerprint density at radius 2 is 2.11 bits per heavy atom. The molecule has 0 aliphatic carbocycles. The van der Waals surface area contributed by atoms with Gasteiger partial charge in [-0.1, -0.05) is 0 Å². The van der Waals surface area contributed by atoms with Gasteiger partial charge in [-0.3, -0.25) is 0 Å². The van der Waals surface area contributed by atoms with Gasteiger partial charge in [-0.2, -0.15) is 5.26 Å².